The van der Waals surface area contributed by atoms with Crippen molar-refractivity contribution in [2.24, 2.45) is 5.16 Å². The van der Waals surface area contributed by atoms with Gasteiger partial charge in [-0.3, -0.25) is 4.79 Å². The molecule has 0 aliphatic carbocycles. The number of benzene rings is 3. The zero-order valence-corrected chi connectivity index (χ0v) is 19.8. The number of oxime groups is 1. The van der Waals surface area contributed by atoms with Crippen LogP contribution < -0.4 is 14.2 Å². The third-order valence-corrected chi connectivity index (χ3v) is 5.01. The molecule has 0 amide bonds. The van der Waals surface area contributed by atoms with Crippen molar-refractivity contribution < 1.29 is 38.9 Å². The number of aryl methyl sites for hydroxylation is 1. The average Bonchev–Trinajstić information content (AvgIpc) is 2.89. The summed E-state index contributed by atoms with van der Waals surface area (Å²) >= 11 is 0. The van der Waals surface area contributed by atoms with Crippen molar-refractivity contribution in [3.63, 3.8) is 0 Å². The standard InChI is InChI=1S/C27H27NO8/c1-33-28-24(20-5-3-2-4-6-20)17-35-22-11-7-19(8-12-22)16-34-23-13-9-21(10-14-26(29)30)25(15-23)36-18-27(31)32/h2-9,11-13,15H,10,14,16-18H2,1H3,(H,29,30)(H,31,32). The van der Waals surface area contributed by atoms with E-state index in [0.29, 0.717) is 22.8 Å². The lowest BCUT2D eigenvalue weighted by Crippen LogP contribution is -2.13. The highest BCUT2D eigenvalue weighted by Crippen LogP contribution is 2.27. The molecular weight excluding hydrogens is 466 g/mol. The molecule has 0 heterocycles. The molecule has 0 atom stereocenters. The Kier molecular flexibility index (Phi) is 9.69. The molecule has 2 N–H and O–H groups in total. The zero-order chi connectivity index (χ0) is 25.8. The monoisotopic (exact) mass is 493 g/mol. The topological polar surface area (TPSA) is 124 Å². The van der Waals surface area contributed by atoms with Crippen LogP contribution in [-0.2, 0) is 27.5 Å². The molecule has 0 saturated carbocycles. The fourth-order valence-corrected chi connectivity index (χ4v) is 3.25. The predicted octanol–water partition coefficient (Wildman–Crippen LogP) is 4.18. The van der Waals surface area contributed by atoms with Gasteiger partial charge in [0.15, 0.2) is 6.61 Å². The molecule has 36 heavy (non-hydrogen) atoms. The summed E-state index contributed by atoms with van der Waals surface area (Å²) in [6, 6.07) is 21.9. The molecule has 0 aliphatic rings. The van der Waals surface area contributed by atoms with Gasteiger partial charge in [0.05, 0.1) is 0 Å². The fourth-order valence-electron chi connectivity index (χ4n) is 3.25. The largest absolute Gasteiger partial charge is 0.489 e. The molecule has 0 fully saturated rings. The Morgan fingerprint density at radius 2 is 1.53 bits per heavy atom. The van der Waals surface area contributed by atoms with E-state index in [2.05, 4.69) is 5.16 Å². The molecule has 188 valence electrons. The first-order chi connectivity index (χ1) is 17.4. The Morgan fingerprint density at radius 3 is 2.19 bits per heavy atom. The lowest BCUT2D eigenvalue weighted by Gasteiger charge is -2.13. The number of hydrogen-bond donors (Lipinski definition) is 2. The SMILES string of the molecule is CON=C(COc1ccc(COc2ccc(CCC(=O)O)c(OCC(=O)O)c2)cc1)c1ccccc1. The second-order valence-electron chi connectivity index (χ2n) is 7.65. The Hall–Kier alpha value is -4.53. The minimum Gasteiger partial charge on any atom is -0.489 e. The summed E-state index contributed by atoms with van der Waals surface area (Å²) < 4.78 is 17.0. The first-order valence-corrected chi connectivity index (χ1v) is 11.1. The maximum Gasteiger partial charge on any atom is 0.341 e. The van der Waals surface area contributed by atoms with Gasteiger partial charge in [-0.2, -0.15) is 0 Å². The second-order valence-corrected chi connectivity index (χ2v) is 7.65. The molecule has 3 rings (SSSR count). The maximum absolute atomic E-state index is 10.9. The molecule has 0 radical (unpaired) electrons. The Balaban J connectivity index is 1.59. The van der Waals surface area contributed by atoms with Gasteiger partial charge in [-0.15, -0.1) is 0 Å². The molecular formula is C27H27NO8. The Labute approximate surface area is 208 Å². The summed E-state index contributed by atoms with van der Waals surface area (Å²) in [6.45, 7) is -0.0410. The summed E-state index contributed by atoms with van der Waals surface area (Å²) in [5, 5.41) is 21.9. The predicted molar refractivity (Wildman–Crippen MR) is 132 cm³/mol. The molecule has 3 aromatic carbocycles. The molecule has 3 aromatic rings. The van der Waals surface area contributed by atoms with Crippen LogP contribution in [-0.4, -0.2) is 48.2 Å². The Morgan fingerprint density at radius 1 is 0.806 bits per heavy atom. The van der Waals surface area contributed by atoms with Gasteiger partial charge in [-0.1, -0.05) is 53.7 Å². The minimum absolute atomic E-state index is 0.0950. The number of carboxylic acid groups (broad SMARTS) is 2. The van der Waals surface area contributed by atoms with Gasteiger partial charge in [-0.05, 0) is 35.7 Å². The van der Waals surface area contributed by atoms with Gasteiger partial charge in [0.1, 0.15) is 43.3 Å². The van der Waals surface area contributed by atoms with Crippen molar-refractivity contribution >= 4 is 17.7 Å². The minimum atomic E-state index is -1.13. The van der Waals surface area contributed by atoms with Crippen LogP contribution in [0, 0.1) is 0 Å². The van der Waals surface area contributed by atoms with Gasteiger partial charge in [0.25, 0.3) is 0 Å². The number of carbonyl (C=O) groups is 2. The van der Waals surface area contributed by atoms with E-state index in [-0.39, 0.29) is 31.8 Å². The molecule has 0 bridgehead atoms. The maximum atomic E-state index is 10.9. The summed E-state index contributed by atoms with van der Waals surface area (Å²) in [6.07, 6.45) is 0.120. The molecule has 9 nitrogen and oxygen atoms in total. The summed E-state index contributed by atoms with van der Waals surface area (Å²) in [5.41, 5.74) is 3.06. The molecule has 0 aromatic heterocycles. The molecule has 9 heteroatoms. The highest BCUT2D eigenvalue weighted by Gasteiger charge is 2.11. The van der Waals surface area contributed by atoms with Crippen LogP contribution in [0.25, 0.3) is 0 Å². The summed E-state index contributed by atoms with van der Waals surface area (Å²) in [7, 11) is 1.49. The quantitative estimate of drug-likeness (QED) is 0.253. The van der Waals surface area contributed by atoms with Gasteiger partial charge in [0.2, 0.25) is 0 Å². The van der Waals surface area contributed by atoms with Gasteiger partial charge in [-0.25, -0.2) is 4.79 Å². The summed E-state index contributed by atoms with van der Waals surface area (Å²) in [4.78, 5) is 26.7. The van der Waals surface area contributed by atoms with Crippen LogP contribution in [0.2, 0.25) is 0 Å². The third kappa shape index (κ3) is 8.35. The lowest BCUT2D eigenvalue weighted by atomic mass is 10.1. The first-order valence-electron chi connectivity index (χ1n) is 11.1. The van der Waals surface area contributed by atoms with Crippen molar-refractivity contribution in [3.8, 4) is 17.2 Å². The average molecular weight is 494 g/mol. The number of nitrogens with zero attached hydrogens (tertiary/aromatic N) is 1. The van der Waals surface area contributed by atoms with Gasteiger partial charge in [0, 0.05) is 18.1 Å². The molecule has 0 unspecified atom stereocenters. The number of ether oxygens (including phenoxy) is 3. The number of aliphatic carboxylic acids is 2. The Bertz CT molecular complexity index is 1180. The van der Waals surface area contributed by atoms with E-state index >= 15 is 0 Å². The van der Waals surface area contributed by atoms with E-state index in [1.807, 2.05) is 54.6 Å². The van der Waals surface area contributed by atoms with Crippen LogP contribution in [0.15, 0.2) is 78.0 Å². The van der Waals surface area contributed by atoms with Gasteiger partial charge < -0.3 is 29.3 Å². The number of carboxylic acids is 2. The van der Waals surface area contributed by atoms with Crippen LogP contribution >= 0.6 is 0 Å². The van der Waals surface area contributed by atoms with E-state index in [1.54, 1.807) is 18.2 Å². The zero-order valence-electron chi connectivity index (χ0n) is 19.8. The first kappa shape index (κ1) is 26.1. The van der Waals surface area contributed by atoms with Crippen molar-refractivity contribution in [1.29, 1.82) is 0 Å². The van der Waals surface area contributed by atoms with Crippen molar-refractivity contribution in [2.75, 3.05) is 20.3 Å². The van der Waals surface area contributed by atoms with E-state index in [4.69, 9.17) is 29.3 Å². The molecule has 0 spiro atoms. The van der Waals surface area contributed by atoms with Gasteiger partial charge >= 0.3 is 11.9 Å². The van der Waals surface area contributed by atoms with E-state index in [0.717, 1.165) is 11.1 Å². The smallest absolute Gasteiger partial charge is 0.341 e. The van der Waals surface area contributed by atoms with Crippen molar-refractivity contribution in [1.82, 2.24) is 0 Å². The number of rotatable bonds is 14. The van der Waals surface area contributed by atoms with Crippen molar-refractivity contribution in [3.05, 3.63) is 89.5 Å². The fraction of sp³-hybridized carbons (Fsp3) is 0.222. The van der Waals surface area contributed by atoms with Crippen LogP contribution in [0.4, 0.5) is 0 Å². The van der Waals surface area contributed by atoms with Crippen molar-refractivity contribution in [2.45, 2.75) is 19.4 Å². The second kappa shape index (κ2) is 13.4. The molecule has 0 aliphatic heterocycles. The normalized spacial score (nSPS) is 11.0. The van der Waals surface area contributed by atoms with Crippen LogP contribution in [0.5, 0.6) is 17.2 Å². The third-order valence-electron chi connectivity index (χ3n) is 5.01. The summed E-state index contributed by atoms with van der Waals surface area (Å²) in [5.74, 6) is -0.665. The number of hydrogen-bond acceptors (Lipinski definition) is 7. The van der Waals surface area contributed by atoms with E-state index in [1.165, 1.54) is 7.11 Å². The highest BCUT2D eigenvalue weighted by atomic mass is 16.6. The highest BCUT2D eigenvalue weighted by molar-refractivity contribution is 6.01. The van der Waals surface area contributed by atoms with Crippen LogP contribution in [0.1, 0.15) is 23.1 Å². The van der Waals surface area contributed by atoms with E-state index in [9.17, 15) is 9.59 Å². The molecule has 0 saturated heterocycles. The van der Waals surface area contributed by atoms with E-state index < -0.39 is 18.5 Å². The van der Waals surface area contributed by atoms with Crippen LogP contribution in [0.3, 0.4) is 0 Å². The lowest BCUT2D eigenvalue weighted by molar-refractivity contribution is -0.139.